The zero-order valence-electron chi connectivity index (χ0n) is 9.83. The van der Waals surface area contributed by atoms with Crippen molar-refractivity contribution >= 4 is 38.6 Å². The molecule has 0 aliphatic rings. The fourth-order valence-corrected chi connectivity index (χ4v) is 2.92. The standard InChI is InChI=1S/C13H16BrNS/c1-9(2)16-8-10-7-15(3)13-5-4-11(14)6-12(10)13/h4-7,9H,8H2,1-3H3. The summed E-state index contributed by atoms with van der Waals surface area (Å²) in [6.45, 7) is 4.48. The monoisotopic (exact) mass is 297 g/mol. The first kappa shape index (κ1) is 12.1. The normalized spacial score (nSPS) is 11.6. The van der Waals surface area contributed by atoms with Crippen LogP contribution in [0.1, 0.15) is 19.4 Å². The van der Waals surface area contributed by atoms with Crippen molar-refractivity contribution in [3.05, 3.63) is 34.4 Å². The summed E-state index contributed by atoms with van der Waals surface area (Å²) in [5, 5.41) is 2.05. The minimum Gasteiger partial charge on any atom is -0.350 e. The molecule has 0 amide bonds. The van der Waals surface area contributed by atoms with E-state index >= 15 is 0 Å². The lowest BCUT2D eigenvalue weighted by atomic mass is 10.2. The molecular formula is C13H16BrNS. The number of benzene rings is 1. The van der Waals surface area contributed by atoms with E-state index in [1.54, 1.807) is 0 Å². The van der Waals surface area contributed by atoms with Gasteiger partial charge in [0.1, 0.15) is 0 Å². The number of nitrogens with zero attached hydrogens (tertiary/aromatic N) is 1. The van der Waals surface area contributed by atoms with Crippen LogP contribution in [0.5, 0.6) is 0 Å². The largest absolute Gasteiger partial charge is 0.350 e. The Morgan fingerprint density at radius 3 is 2.81 bits per heavy atom. The van der Waals surface area contributed by atoms with Gasteiger partial charge in [-0.25, -0.2) is 0 Å². The van der Waals surface area contributed by atoms with Crippen molar-refractivity contribution in [1.82, 2.24) is 4.57 Å². The first-order valence-corrected chi connectivity index (χ1v) is 7.27. The van der Waals surface area contributed by atoms with Gasteiger partial charge in [-0.3, -0.25) is 0 Å². The molecule has 0 saturated heterocycles. The molecule has 1 nitrogen and oxygen atoms in total. The summed E-state index contributed by atoms with van der Waals surface area (Å²) in [6.07, 6.45) is 2.24. The highest BCUT2D eigenvalue weighted by Gasteiger charge is 2.07. The van der Waals surface area contributed by atoms with Gasteiger partial charge >= 0.3 is 0 Å². The lowest BCUT2D eigenvalue weighted by molar-refractivity contribution is 0.962. The number of aryl methyl sites for hydroxylation is 1. The van der Waals surface area contributed by atoms with Gasteiger partial charge in [0.25, 0.3) is 0 Å². The molecule has 2 rings (SSSR count). The molecule has 0 fully saturated rings. The number of fused-ring (bicyclic) bond motifs is 1. The maximum absolute atomic E-state index is 3.54. The van der Waals surface area contributed by atoms with E-state index in [9.17, 15) is 0 Å². The third-order valence-corrected chi connectivity index (χ3v) is 4.24. The summed E-state index contributed by atoms with van der Waals surface area (Å²) in [5.74, 6) is 1.09. The molecule has 0 N–H and O–H groups in total. The van der Waals surface area contributed by atoms with E-state index in [1.165, 1.54) is 16.5 Å². The molecule has 1 heterocycles. The molecule has 2 aromatic rings. The van der Waals surface area contributed by atoms with Crippen LogP contribution in [0.3, 0.4) is 0 Å². The Labute approximate surface area is 109 Å². The smallest absolute Gasteiger partial charge is 0.0481 e. The maximum atomic E-state index is 3.54. The predicted octanol–water partition coefficient (Wildman–Crippen LogP) is 4.58. The molecule has 0 bridgehead atoms. The van der Waals surface area contributed by atoms with Crippen LogP contribution in [0.15, 0.2) is 28.9 Å². The van der Waals surface area contributed by atoms with Crippen LogP contribution in [0.2, 0.25) is 0 Å². The molecule has 3 heteroatoms. The van der Waals surface area contributed by atoms with Crippen molar-refractivity contribution in [2.24, 2.45) is 7.05 Å². The minimum absolute atomic E-state index is 0.683. The second-order valence-corrected chi connectivity index (χ2v) is 6.77. The Balaban J connectivity index is 2.41. The average molecular weight is 298 g/mol. The number of hydrogen-bond donors (Lipinski definition) is 0. The first-order valence-electron chi connectivity index (χ1n) is 5.43. The van der Waals surface area contributed by atoms with Gasteiger partial charge in [0.05, 0.1) is 0 Å². The van der Waals surface area contributed by atoms with Crippen molar-refractivity contribution < 1.29 is 0 Å². The SMILES string of the molecule is CC(C)SCc1cn(C)c2ccc(Br)cc12. The van der Waals surface area contributed by atoms with Gasteiger partial charge in [-0.1, -0.05) is 29.8 Å². The van der Waals surface area contributed by atoms with Crippen molar-refractivity contribution in [3.8, 4) is 0 Å². The van der Waals surface area contributed by atoms with Crippen LogP contribution in [0.4, 0.5) is 0 Å². The number of halogens is 1. The van der Waals surface area contributed by atoms with Crippen LogP contribution < -0.4 is 0 Å². The highest BCUT2D eigenvalue weighted by atomic mass is 79.9. The molecule has 86 valence electrons. The van der Waals surface area contributed by atoms with Crippen LogP contribution in [-0.2, 0) is 12.8 Å². The Morgan fingerprint density at radius 2 is 2.12 bits per heavy atom. The first-order chi connectivity index (χ1) is 7.58. The highest BCUT2D eigenvalue weighted by molar-refractivity contribution is 9.10. The van der Waals surface area contributed by atoms with E-state index in [0.717, 1.165) is 10.2 Å². The zero-order chi connectivity index (χ0) is 11.7. The number of aromatic nitrogens is 1. The molecule has 0 radical (unpaired) electrons. The molecule has 1 aromatic carbocycles. The van der Waals surface area contributed by atoms with Crippen molar-refractivity contribution in [2.45, 2.75) is 24.9 Å². The topological polar surface area (TPSA) is 4.93 Å². The quantitative estimate of drug-likeness (QED) is 0.803. The molecule has 1 aromatic heterocycles. The van der Waals surface area contributed by atoms with Gasteiger partial charge in [-0.2, -0.15) is 11.8 Å². The molecule has 0 aliphatic heterocycles. The number of hydrogen-bond acceptors (Lipinski definition) is 1. The van der Waals surface area contributed by atoms with Gasteiger partial charge in [-0.05, 0) is 29.0 Å². The van der Waals surface area contributed by atoms with Gasteiger partial charge in [0.15, 0.2) is 0 Å². The average Bonchev–Trinajstić information content (AvgIpc) is 2.52. The molecule has 16 heavy (non-hydrogen) atoms. The second-order valence-electron chi connectivity index (χ2n) is 4.29. The predicted molar refractivity (Wildman–Crippen MR) is 77.1 cm³/mol. The number of rotatable bonds is 3. The minimum atomic E-state index is 0.683. The van der Waals surface area contributed by atoms with Gasteiger partial charge in [-0.15, -0.1) is 0 Å². The van der Waals surface area contributed by atoms with Crippen LogP contribution in [0, 0.1) is 0 Å². The Bertz CT molecular complexity index is 502. The summed E-state index contributed by atoms with van der Waals surface area (Å²) in [5.41, 5.74) is 2.74. The number of thioether (sulfide) groups is 1. The van der Waals surface area contributed by atoms with Crippen molar-refractivity contribution in [1.29, 1.82) is 0 Å². The summed E-state index contributed by atoms with van der Waals surface area (Å²) in [6, 6.07) is 6.48. The van der Waals surface area contributed by atoms with Gasteiger partial charge < -0.3 is 4.57 Å². The summed E-state index contributed by atoms with van der Waals surface area (Å²) in [4.78, 5) is 0. The van der Waals surface area contributed by atoms with E-state index in [2.05, 4.69) is 65.8 Å². The summed E-state index contributed by atoms with van der Waals surface area (Å²) in [7, 11) is 2.11. The summed E-state index contributed by atoms with van der Waals surface area (Å²) >= 11 is 5.53. The fourth-order valence-electron chi connectivity index (χ4n) is 1.82. The Kier molecular flexibility index (Phi) is 3.65. The molecule has 0 atom stereocenters. The van der Waals surface area contributed by atoms with Gasteiger partial charge in [0.2, 0.25) is 0 Å². The van der Waals surface area contributed by atoms with Crippen molar-refractivity contribution in [2.75, 3.05) is 0 Å². The third-order valence-electron chi connectivity index (χ3n) is 2.61. The molecule has 0 aliphatic carbocycles. The van der Waals surface area contributed by atoms with Crippen molar-refractivity contribution in [3.63, 3.8) is 0 Å². The Morgan fingerprint density at radius 1 is 1.38 bits per heavy atom. The Hall–Kier alpha value is -0.410. The third kappa shape index (κ3) is 2.46. The fraction of sp³-hybridized carbons (Fsp3) is 0.385. The van der Waals surface area contributed by atoms with Crippen LogP contribution >= 0.6 is 27.7 Å². The molecular weight excluding hydrogens is 282 g/mol. The van der Waals surface area contributed by atoms with E-state index in [-0.39, 0.29) is 0 Å². The van der Waals surface area contributed by atoms with E-state index in [0.29, 0.717) is 5.25 Å². The van der Waals surface area contributed by atoms with Gasteiger partial charge in [0, 0.05) is 34.4 Å². The molecule has 0 unspecified atom stereocenters. The maximum Gasteiger partial charge on any atom is 0.0481 e. The second kappa shape index (κ2) is 4.84. The van der Waals surface area contributed by atoms with Crippen LogP contribution in [0.25, 0.3) is 10.9 Å². The van der Waals surface area contributed by atoms with E-state index in [1.807, 2.05) is 11.8 Å². The lowest BCUT2D eigenvalue weighted by Gasteiger charge is -2.03. The molecule has 0 saturated carbocycles. The summed E-state index contributed by atoms with van der Waals surface area (Å²) < 4.78 is 3.36. The highest BCUT2D eigenvalue weighted by Crippen LogP contribution is 2.28. The van der Waals surface area contributed by atoms with Crippen LogP contribution in [-0.4, -0.2) is 9.82 Å². The lowest BCUT2D eigenvalue weighted by Crippen LogP contribution is -1.88. The molecule has 0 spiro atoms. The van der Waals surface area contributed by atoms with E-state index < -0.39 is 0 Å². The zero-order valence-corrected chi connectivity index (χ0v) is 12.2. The van der Waals surface area contributed by atoms with E-state index in [4.69, 9.17) is 0 Å².